The first kappa shape index (κ1) is 21.9. The minimum absolute atomic E-state index is 0. The average molecular weight is 460 g/mol. The third-order valence-corrected chi connectivity index (χ3v) is 4.72. The van der Waals surface area contributed by atoms with Gasteiger partial charge in [0.2, 0.25) is 0 Å². The molecule has 128 valence electrons. The van der Waals surface area contributed by atoms with Crippen LogP contribution < -0.4 is 10.6 Å². The van der Waals surface area contributed by atoms with Gasteiger partial charge in [0, 0.05) is 24.5 Å². The Morgan fingerprint density at radius 2 is 1.95 bits per heavy atom. The molecule has 0 aliphatic heterocycles. The van der Waals surface area contributed by atoms with E-state index in [0.717, 1.165) is 36.8 Å². The fourth-order valence-corrected chi connectivity index (χ4v) is 2.96. The molecule has 22 heavy (non-hydrogen) atoms. The molecule has 0 aromatic carbocycles. The van der Waals surface area contributed by atoms with Crippen LogP contribution in [0.5, 0.6) is 0 Å². The van der Waals surface area contributed by atoms with E-state index >= 15 is 0 Å². The number of guanidine groups is 1. The quantitative estimate of drug-likeness (QED) is 0.312. The zero-order valence-electron chi connectivity index (χ0n) is 13.4. The van der Waals surface area contributed by atoms with Crippen LogP contribution in [0.4, 0.5) is 0 Å². The molecule has 7 heteroatoms. The summed E-state index contributed by atoms with van der Waals surface area (Å²) in [6.45, 7) is 8.44. The molecule has 0 spiro atoms. The predicted octanol–water partition coefficient (Wildman–Crippen LogP) is 4.04. The zero-order chi connectivity index (χ0) is 15.7. The average Bonchev–Trinajstić information content (AvgIpc) is 2.92. The van der Waals surface area contributed by atoms with Gasteiger partial charge in [-0.05, 0) is 25.0 Å². The van der Waals surface area contributed by atoms with Crippen molar-refractivity contribution in [2.75, 3.05) is 19.6 Å². The lowest BCUT2D eigenvalue weighted by Gasteiger charge is -2.16. The van der Waals surface area contributed by atoms with Crippen LogP contribution in [0, 0.1) is 5.92 Å². The Balaban J connectivity index is 0.00000441. The van der Waals surface area contributed by atoms with Gasteiger partial charge in [0.1, 0.15) is 6.10 Å². The highest BCUT2D eigenvalue weighted by molar-refractivity contribution is 14.0. The Hall–Kier alpha value is -0.0500. The summed E-state index contributed by atoms with van der Waals surface area (Å²) >= 11 is 7.29. The fourth-order valence-electron chi connectivity index (χ4n) is 1.91. The molecule has 0 saturated carbocycles. The second-order valence-electron chi connectivity index (χ2n) is 4.94. The number of aliphatic hydroxyl groups excluding tert-OH is 1. The van der Waals surface area contributed by atoms with Crippen molar-refractivity contribution in [3.05, 3.63) is 21.3 Å². The molecule has 0 aliphatic carbocycles. The molecule has 1 unspecified atom stereocenters. The highest BCUT2D eigenvalue weighted by Crippen LogP contribution is 2.26. The van der Waals surface area contributed by atoms with E-state index in [-0.39, 0.29) is 24.0 Å². The summed E-state index contributed by atoms with van der Waals surface area (Å²) in [5, 5.41) is 16.5. The molecule has 1 rings (SSSR count). The molecule has 0 fully saturated rings. The summed E-state index contributed by atoms with van der Waals surface area (Å²) in [4.78, 5) is 5.45. The predicted molar refractivity (Wildman–Crippen MR) is 108 cm³/mol. The van der Waals surface area contributed by atoms with Crippen LogP contribution in [-0.2, 0) is 0 Å². The first-order valence-corrected chi connectivity index (χ1v) is 8.75. The molecule has 1 aromatic heterocycles. The van der Waals surface area contributed by atoms with Gasteiger partial charge in [0.15, 0.2) is 5.96 Å². The Bertz CT molecular complexity index is 438. The summed E-state index contributed by atoms with van der Waals surface area (Å²) in [6.07, 6.45) is 1.70. The number of aliphatic hydroxyl groups is 1. The second kappa shape index (κ2) is 12.4. The number of rotatable bonds is 8. The molecular weight excluding hydrogens is 433 g/mol. The maximum atomic E-state index is 10.1. The minimum Gasteiger partial charge on any atom is -0.386 e. The van der Waals surface area contributed by atoms with E-state index in [4.69, 9.17) is 11.6 Å². The van der Waals surface area contributed by atoms with E-state index in [0.29, 0.717) is 16.8 Å². The second-order valence-corrected chi connectivity index (χ2v) is 6.69. The number of halogens is 2. The molecule has 1 atom stereocenters. The summed E-state index contributed by atoms with van der Waals surface area (Å²) in [6, 6.07) is 3.66. The lowest BCUT2D eigenvalue weighted by Crippen LogP contribution is -2.39. The molecule has 4 nitrogen and oxygen atoms in total. The summed E-state index contributed by atoms with van der Waals surface area (Å²) < 4.78 is 0.693. The summed E-state index contributed by atoms with van der Waals surface area (Å²) in [5.41, 5.74) is 0. The lowest BCUT2D eigenvalue weighted by molar-refractivity contribution is 0.184. The number of hydrogen-bond acceptors (Lipinski definition) is 3. The first-order valence-electron chi connectivity index (χ1n) is 7.56. The highest BCUT2D eigenvalue weighted by atomic mass is 127. The van der Waals surface area contributed by atoms with Crippen molar-refractivity contribution < 1.29 is 5.11 Å². The van der Waals surface area contributed by atoms with Gasteiger partial charge in [0.25, 0.3) is 0 Å². The van der Waals surface area contributed by atoms with E-state index in [1.807, 2.05) is 13.0 Å². The third kappa shape index (κ3) is 7.99. The summed E-state index contributed by atoms with van der Waals surface area (Å²) in [7, 11) is 0. The van der Waals surface area contributed by atoms with Crippen molar-refractivity contribution in [3.8, 4) is 0 Å². The maximum Gasteiger partial charge on any atom is 0.191 e. The number of nitrogens with zero attached hydrogens (tertiary/aromatic N) is 1. The van der Waals surface area contributed by atoms with E-state index in [1.165, 1.54) is 11.3 Å². The van der Waals surface area contributed by atoms with Gasteiger partial charge >= 0.3 is 0 Å². The standard InChI is InChI=1S/C15H26ClN3OS.HI/c1-4-11(5-2)9-18-15(17-6-3)19-10-12(20)13-7-8-14(16)21-13;/h7-8,11-12,20H,4-6,9-10H2,1-3H3,(H2,17,18,19);1H. The number of aliphatic imine (C=N–C) groups is 1. The molecule has 1 heterocycles. The zero-order valence-corrected chi connectivity index (χ0v) is 17.3. The van der Waals surface area contributed by atoms with Gasteiger partial charge in [-0.25, -0.2) is 0 Å². The van der Waals surface area contributed by atoms with Crippen LogP contribution in [0.15, 0.2) is 17.1 Å². The third-order valence-electron chi connectivity index (χ3n) is 3.39. The van der Waals surface area contributed by atoms with Crippen molar-refractivity contribution in [2.24, 2.45) is 10.9 Å². The molecule has 0 aliphatic rings. The monoisotopic (exact) mass is 459 g/mol. The smallest absolute Gasteiger partial charge is 0.191 e. The summed E-state index contributed by atoms with van der Waals surface area (Å²) in [5.74, 6) is 1.37. The first-order chi connectivity index (χ1) is 10.1. The van der Waals surface area contributed by atoms with Gasteiger partial charge in [-0.3, -0.25) is 4.99 Å². The Morgan fingerprint density at radius 1 is 1.27 bits per heavy atom. The minimum atomic E-state index is -0.570. The maximum absolute atomic E-state index is 10.1. The van der Waals surface area contributed by atoms with E-state index < -0.39 is 6.10 Å². The normalized spacial score (nSPS) is 12.9. The number of nitrogens with one attached hydrogen (secondary N) is 2. The van der Waals surface area contributed by atoms with Crippen molar-refractivity contribution in [2.45, 2.75) is 39.7 Å². The van der Waals surface area contributed by atoms with Crippen LogP contribution in [0.25, 0.3) is 0 Å². The molecular formula is C15H27ClIN3OS. The van der Waals surface area contributed by atoms with Gasteiger partial charge in [0.05, 0.1) is 4.34 Å². The highest BCUT2D eigenvalue weighted by Gasteiger charge is 2.11. The Labute approximate surface area is 159 Å². The van der Waals surface area contributed by atoms with Crippen LogP contribution in [0.2, 0.25) is 4.34 Å². The van der Waals surface area contributed by atoms with Crippen LogP contribution in [0.3, 0.4) is 0 Å². The number of hydrogen-bond donors (Lipinski definition) is 3. The van der Waals surface area contributed by atoms with Gasteiger partial charge in [-0.15, -0.1) is 35.3 Å². The van der Waals surface area contributed by atoms with Crippen molar-refractivity contribution >= 4 is 52.9 Å². The van der Waals surface area contributed by atoms with Gasteiger partial charge in [-0.1, -0.05) is 38.3 Å². The van der Waals surface area contributed by atoms with Crippen molar-refractivity contribution in [3.63, 3.8) is 0 Å². The molecule has 0 saturated heterocycles. The largest absolute Gasteiger partial charge is 0.386 e. The van der Waals surface area contributed by atoms with Crippen LogP contribution in [0.1, 0.15) is 44.6 Å². The van der Waals surface area contributed by atoms with E-state index in [1.54, 1.807) is 6.07 Å². The number of thiophene rings is 1. The van der Waals surface area contributed by atoms with Gasteiger partial charge < -0.3 is 15.7 Å². The van der Waals surface area contributed by atoms with Gasteiger partial charge in [-0.2, -0.15) is 0 Å². The lowest BCUT2D eigenvalue weighted by atomic mass is 10.0. The van der Waals surface area contributed by atoms with Crippen LogP contribution in [-0.4, -0.2) is 30.7 Å². The van der Waals surface area contributed by atoms with Crippen LogP contribution >= 0.6 is 46.9 Å². The Kier molecular flexibility index (Phi) is 12.4. The molecule has 0 radical (unpaired) electrons. The van der Waals surface area contributed by atoms with E-state index in [2.05, 4.69) is 29.5 Å². The molecule has 3 N–H and O–H groups in total. The van der Waals surface area contributed by atoms with E-state index in [9.17, 15) is 5.11 Å². The molecule has 0 amide bonds. The topological polar surface area (TPSA) is 56.7 Å². The molecule has 0 bridgehead atoms. The fraction of sp³-hybridized carbons (Fsp3) is 0.667. The Morgan fingerprint density at radius 3 is 2.45 bits per heavy atom. The molecule has 1 aromatic rings. The van der Waals surface area contributed by atoms with Crippen molar-refractivity contribution in [1.29, 1.82) is 0 Å². The SMILES string of the molecule is CCNC(=NCC(CC)CC)NCC(O)c1ccc(Cl)s1.I. The van der Waals surface area contributed by atoms with Crippen molar-refractivity contribution in [1.82, 2.24) is 10.6 Å².